The van der Waals surface area contributed by atoms with E-state index in [4.69, 9.17) is 22.4 Å². The molecular formula is C24H44N4O9P2. The molecule has 2 spiro atoms. The molecule has 4 saturated heterocycles. The molecule has 13 nitrogen and oxygen atoms in total. The predicted octanol–water partition coefficient (Wildman–Crippen LogP) is 3.50. The van der Waals surface area contributed by atoms with Crippen molar-refractivity contribution < 1.29 is 41.6 Å². The van der Waals surface area contributed by atoms with Gasteiger partial charge in [-0.1, -0.05) is 0 Å². The summed E-state index contributed by atoms with van der Waals surface area (Å²) in [4.78, 5) is 52.9. The molecule has 224 valence electrons. The predicted molar refractivity (Wildman–Crippen MR) is 145 cm³/mol. The van der Waals surface area contributed by atoms with Crippen molar-refractivity contribution in [2.45, 2.75) is 105 Å². The van der Waals surface area contributed by atoms with E-state index in [2.05, 4.69) is 20.3 Å². The first-order valence-electron chi connectivity index (χ1n) is 13.8. The third-order valence-corrected chi connectivity index (χ3v) is 14.2. The van der Waals surface area contributed by atoms with Gasteiger partial charge in [0.15, 0.2) is 0 Å². The van der Waals surface area contributed by atoms with E-state index in [9.17, 15) is 19.2 Å². The molecule has 39 heavy (non-hydrogen) atoms. The Labute approximate surface area is 230 Å². The molecule has 0 aliphatic carbocycles. The number of rotatable bonds is 10. The molecule has 4 N–H and O–H groups in total. The van der Waals surface area contributed by atoms with Crippen molar-refractivity contribution in [3.63, 3.8) is 0 Å². The fourth-order valence-electron chi connectivity index (χ4n) is 5.43. The fourth-order valence-corrected chi connectivity index (χ4v) is 14.3. The SMILES string of the molecule is CC(C)CC1NP2(OP34(NC(CC(C)C)C(=O)O3)NC(CC(C)C)C(=O)O4)(NC(CC(C)C)C(=O)O2)OC1=O. The third-order valence-electron chi connectivity index (χ3n) is 6.80. The van der Waals surface area contributed by atoms with Gasteiger partial charge in [-0.25, -0.2) is 0 Å². The van der Waals surface area contributed by atoms with Gasteiger partial charge in [-0.05, 0) is 0 Å². The molecule has 4 aliphatic heterocycles. The quantitative estimate of drug-likeness (QED) is 0.272. The molecule has 0 saturated carbocycles. The first-order chi connectivity index (χ1) is 18.0. The molecule has 0 aromatic heterocycles. The maximum absolute atomic E-state index is 13.2. The molecule has 4 heterocycles. The number of hydrogen-bond acceptors (Lipinski definition) is 13. The van der Waals surface area contributed by atoms with Crippen LogP contribution in [0.2, 0.25) is 0 Å². The van der Waals surface area contributed by atoms with Crippen molar-refractivity contribution in [3.05, 3.63) is 0 Å². The van der Waals surface area contributed by atoms with E-state index in [1.807, 2.05) is 55.4 Å². The van der Waals surface area contributed by atoms with Gasteiger partial charge in [-0.15, -0.1) is 0 Å². The normalized spacial score (nSPS) is 34.3. The molecule has 4 aliphatic rings. The average Bonchev–Trinajstić information content (AvgIpc) is 3.35. The summed E-state index contributed by atoms with van der Waals surface area (Å²) in [5.74, 6) is -2.41. The topological polar surface area (TPSA) is 163 Å². The van der Waals surface area contributed by atoms with E-state index in [1.165, 1.54) is 0 Å². The van der Waals surface area contributed by atoms with Crippen LogP contribution < -0.4 is 20.3 Å². The van der Waals surface area contributed by atoms with Gasteiger partial charge in [-0.3, -0.25) is 0 Å². The van der Waals surface area contributed by atoms with Crippen LogP contribution in [-0.4, -0.2) is 48.0 Å². The zero-order valence-electron chi connectivity index (χ0n) is 24.0. The van der Waals surface area contributed by atoms with Crippen molar-refractivity contribution in [3.8, 4) is 0 Å². The van der Waals surface area contributed by atoms with Crippen LogP contribution >= 0.6 is 15.2 Å². The zero-order valence-corrected chi connectivity index (χ0v) is 25.8. The van der Waals surface area contributed by atoms with E-state index in [1.54, 1.807) is 0 Å². The molecule has 4 rings (SSSR count). The number of hydrogen-bond donors (Lipinski definition) is 4. The Morgan fingerprint density at radius 1 is 0.513 bits per heavy atom. The van der Waals surface area contributed by atoms with Crippen molar-refractivity contribution in [1.82, 2.24) is 20.3 Å². The Morgan fingerprint density at radius 3 is 0.897 bits per heavy atom. The van der Waals surface area contributed by atoms with Crippen molar-refractivity contribution in [1.29, 1.82) is 0 Å². The van der Waals surface area contributed by atoms with Gasteiger partial charge in [0.05, 0.1) is 0 Å². The van der Waals surface area contributed by atoms with Gasteiger partial charge in [0.25, 0.3) is 0 Å². The summed E-state index contributed by atoms with van der Waals surface area (Å²) in [7, 11) is -10.3. The van der Waals surface area contributed by atoms with E-state index < -0.39 is 63.2 Å². The second-order valence-electron chi connectivity index (χ2n) is 12.7. The molecule has 4 atom stereocenters. The van der Waals surface area contributed by atoms with Gasteiger partial charge in [0.1, 0.15) is 0 Å². The molecule has 0 bridgehead atoms. The van der Waals surface area contributed by atoms with Crippen LogP contribution in [-0.2, 0) is 41.6 Å². The number of carbonyl (C=O) groups excluding carboxylic acids is 4. The van der Waals surface area contributed by atoms with Crippen LogP contribution in [0.15, 0.2) is 0 Å². The van der Waals surface area contributed by atoms with Gasteiger partial charge in [0.2, 0.25) is 0 Å². The number of nitrogens with one attached hydrogen (secondary N) is 4. The second-order valence-corrected chi connectivity index (χ2v) is 18.7. The van der Waals surface area contributed by atoms with Gasteiger partial charge in [-0.2, -0.15) is 0 Å². The van der Waals surface area contributed by atoms with Crippen LogP contribution in [0.1, 0.15) is 81.1 Å². The van der Waals surface area contributed by atoms with E-state index >= 15 is 0 Å². The van der Waals surface area contributed by atoms with Crippen LogP contribution in [0.25, 0.3) is 0 Å². The standard InChI is InChI=1S/C24H44N4O9P2/c1-13(2)9-17-21(29)33-38(25-17,26-18(10-14(3)4)22(30)34-38)37-39(27-19(11-15(5)6)23(31)35-39)28-20(12-16(7)8)24(32)36-39/h13-20,25-28H,9-12H2,1-8H3. The average molecular weight is 595 g/mol. The summed E-state index contributed by atoms with van der Waals surface area (Å²) in [6, 6.07) is -3.52. The minimum atomic E-state index is -5.15. The minimum absolute atomic E-state index is 0.0812. The number of carbonyl (C=O) groups is 4. The Hall–Kier alpha value is -1.46. The molecule has 0 aromatic carbocycles. The Bertz CT molecular complexity index is 897. The van der Waals surface area contributed by atoms with Gasteiger partial charge >= 0.3 is 230 Å². The molecular weight excluding hydrogens is 550 g/mol. The molecule has 0 radical (unpaired) electrons. The van der Waals surface area contributed by atoms with Crippen molar-refractivity contribution >= 4 is 39.0 Å². The van der Waals surface area contributed by atoms with Gasteiger partial charge < -0.3 is 0 Å². The maximum atomic E-state index is 13.2. The summed E-state index contributed by atoms with van der Waals surface area (Å²) in [5.41, 5.74) is 0. The molecule has 0 amide bonds. The Morgan fingerprint density at radius 2 is 0.718 bits per heavy atom. The van der Waals surface area contributed by atoms with Crippen LogP contribution in [0, 0.1) is 23.7 Å². The van der Waals surface area contributed by atoms with Gasteiger partial charge in [0, 0.05) is 0 Å². The summed E-state index contributed by atoms with van der Waals surface area (Å²) in [6.45, 7) is 15.5. The van der Waals surface area contributed by atoms with Crippen LogP contribution in [0.3, 0.4) is 0 Å². The molecule has 4 unspecified atom stereocenters. The molecule has 4 fully saturated rings. The summed E-state index contributed by atoms with van der Waals surface area (Å²) < 4.78 is 30.3. The Kier molecular flexibility index (Phi) is 7.91. The zero-order chi connectivity index (χ0) is 29.0. The fraction of sp³-hybridized carbons (Fsp3) is 0.833. The summed E-state index contributed by atoms with van der Waals surface area (Å²) >= 11 is 0. The summed E-state index contributed by atoms with van der Waals surface area (Å²) in [5, 5.41) is 12.2. The van der Waals surface area contributed by atoms with E-state index in [0.717, 1.165) is 0 Å². The van der Waals surface area contributed by atoms with Crippen LogP contribution in [0.5, 0.6) is 0 Å². The first-order valence-corrected chi connectivity index (χ1v) is 17.8. The van der Waals surface area contributed by atoms with E-state index in [0.29, 0.717) is 25.7 Å². The van der Waals surface area contributed by atoms with Crippen LogP contribution in [0.4, 0.5) is 0 Å². The van der Waals surface area contributed by atoms with E-state index in [-0.39, 0.29) is 23.7 Å². The summed E-state index contributed by atoms with van der Waals surface area (Å²) in [6.07, 6.45) is 1.43. The molecule has 15 heteroatoms. The van der Waals surface area contributed by atoms with Crippen molar-refractivity contribution in [2.75, 3.05) is 0 Å². The second kappa shape index (κ2) is 10.1. The molecule has 0 aromatic rings. The van der Waals surface area contributed by atoms with Crippen molar-refractivity contribution in [2.24, 2.45) is 23.7 Å². The monoisotopic (exact) mass is 594 g/mol. The third kappa shape index (κ3) is 5.82. The first kappa shape index (κ1) is 30.5. The Balaban J connectivity index is 1.83.